The third-order valence-corrected chi connectivity index (χ3v) is 3.22. The van der Waals surface area contributed by atoms with Crippen molar-refractivity contribution in [2.45, 2.75) is 24.9 Å². The summed E-state index contributed by atoms with van der Waals surface area (Å²) in [5.74, 6) is -0.248. The Morgan fingerprint density at radius 2 is 2.09 bits per heavy atom. The number of hydrogen-bond acceptors (Lipinski definition) is 5. The zero-order valence-electron chi connectivity index (χ0n) is 11.9. The number of H-pyrrole nitrogens is 1. The monoisotopic (exact) mass is 302 g/mol. The van der Waals surface area contributed by atoms with E-state index in [1.165, 1.54) is 18.5 Å². The highest BCUT2D eigenvalue weighted by molar-refractivity contribution is 5.84. The van der Waals surface area contributed by atoms with Crippen molar-refractivity contribution in [1.82, 2.24) is 15.3 Å². The van der Waals surface area contributed by atoms with Gasteiger partial charge in [0.1, 0.15) is 12.0 Å². The molecule has 0 saturated carbocycles. The van der Waals surface area contributed by atoms with Crippen LogP contribution in [-0.4, -0.2) is 39.4 Å². The highest BCUT2D eigenvalue weighted by atomic mass is 16.3. The van der Waals surface area contributed by atoms with E-state index < -0.39 is 18.0 Å². The first kappa shape index (κ1) is 15.7. The molecule has 1 aromatic carbocycles. The van der Waals surface area contributed by atoms with Gasteiger partial charge in [0, 0.05) is 18.3 Å². The third-order valence-electron chi connectivity index (χ3n) is 3.22. The van der Waals surface area contributed by atoms with Gasteiger partial charge in [-0.15, -0.1) is 0 Å². The van der Waals surface area contributed by atoms with Gasteiger partial charge in [-0.25, -0.2) is 4.98 Å². The van der Waals surface area contributed by atoms with Gasteiger partial charge in [0.15, 0.2) is 0 Å². The number of amides is 1. The molecule has 0 bridgehead atoms. The van der Waals surface area contributed by atoms with Crippen LogP contribution in [0.2, 0.25) is 0 Å². The van der Waals surface area contributed by atoms with Crippen LogP contribution in [0, 0.1) is 0 Å². The van der Waals surface area contributed by atoms with Gasteiger partial charge in [0.05, 0.1) is 18.4 Å². The number of aromatic amines is 1. The Kier molecular flexibility index (Phi) is 5.26. The summed E-state index contributed by atoms with van der Waals surface area (Å²) in [6.07, 6.45) is 4.44. The van der Waals surface area contributed by atoms with Gasteiger partial charge in [0.25, 0.3) is 0 Å². The summed E-state index contributed by atoms with van der Waals surface area (Å²) in [6.45, 7) is 0. The van der Waals surface area contributed by atoms with Crippen molar-refractivity contribution in [3.05, 3.63) is 48.0 Å². The molecule has 0 fully saturated rings. The predicted molar refractivity (Wildman–Crippen MR) is 80.1 cm³/mol. The van der Waals surface area contributed by atoms with Gasteiger partial charge in [0.2, 0.25) is 5.91 Å². The molecule has 0 spiro atoms. The number of imidazole rings is 1. The first-order valence-electron chi connectivity index (χ1n) is 6.85. The van der Waals surface area contributed by atoms with E-state index in [1.807, 2.05) is 0 Å². The quantitative estimate of drug-likeness (QED) is 0.533. The van der Waals surface area contributed by atoms with E-state index >= 15 is 0 Å². The van der Waals surface area contributed by atoms with Gasteiger partial charge < -0.3 is 25.9 Å². The average molecular weight is 302 g/mol. The second-order valence-electron chi connectivity index (χ2n) is 5.01. The summed E-state index contributed by atoms with van der Waals surface area (Å²) < 4.78 is 0. The van der Waals surface area contributed by atoms with E-state index in [9.17, 15) is 14.7 Å². The van der Waals surface area contributed by atoms with Gasteiger partial charge in [-0.1, -0.05) is 12.1 Å². The first-order chi connectivity index (χ1) is 10.6. The Balaban J connectivity index is 1.89. The number of carbonyl (C=O) groups is 2. The standard InChI is InChI=1S/C15H18N4O3/c16-14(6-11-7-17-9-18-11)15(22)19-12(8-20)5-10-1-3-13(21)4-2-10/h1-4,7-9,12,14,21H,5-6,16H2,(H,17,18)(H,19,22)/t12-,14-/m0/s1. The minimum atomic E-state index is -0.761. The minimum Gasteiger partial charge on any atom is -0.508 e. The van der Waals surface area contributed by atoms with E-state index in [4.69, 9.17) is 5.73 Å². The number of aldehydes is 1. The Morgan fingerprint density at radius 1 is 1.36 bits per heavy atom. The van der Waals surface area contributed by atoms with Crippen LogP contribution in [0.5, 0.6) is 5.75 Å². The van der Waals surface area contributed by atoms with E-state index in [2.05, 4.69) is 15.3 Å². The fourth-order valence-electron chi connectivity index (χ4n) is 2.03. The highest BCUT2D eigenvalue weighted by Crippen LogP contribution is 2.11. The smallest absolute Gasteiger partial charge is 0.237 e. The van der Waals surface area contributed by atoms with E-state index in [0.717, 1.165) is 11.3 Å². The molecule has 22 heavy (non-hydrogen) atoms. The lowest BCUT2D eigenvalue weighted by Gasteiger charge is -2.16. The number of nitrogens with two attached hydrogens (primary N) is 1. The van der Waals surface area contributed by atoms with Crippen LogP contribution in [-0.2, 0) is 22.4 Å². The highest BCUT2D eigenvalue weighted by Gasteiger charge is 2.19. The second-order valence-corrected chi connectivity index (χ2v) is 5.01. The molecule has 0 aliphatic rings. The lowest BCUT2D eigenvalue weighted by Crippen LogP contribution is -2.47. The number of phenols is 1. The molecule has 116 valence electrons. The molecule has 1 heterocycles. The van der Waals surface area contributed by atoms with Crippen LogP contribution in [0.15, 0.2) is 36.8 Å². The SMILES string of the molecule is N[C@@H](Cc1cnc[nH]1)C(=O)N[C@H](C=O)Cc1ccc(O)cc1. The first-order valence-corrected chi connectivity index (χ1v) is 6.85. The number of aromatic nitrogens is 2. The largest absolute Gasteiger partial charge is 0.508 e. The predicted octanol–water partition coefficient (Wildman–Crippen LogP) is -0.0885. The fraction of sp³-hybridized carbons (Fsp3) is 0.267. The normalized spacial score (nSPS) is 13.3. The molecule has 0 aliphatic carbocycles. The van der Waals surface area contributed by atoms with Crippen LogP contribution in [0.1, 0.15) is 11.3 Å². The van der Waals surface area contributed by atoms with Crippen LogP contribution in [0.4, 0.5) is 0 Å². The van der Waals surface area contributed by atoms with Crippen LogP contribution in [0.25, 0.3) is 0 Å². The van der Waals surface area contributed by atoms with Crippen molar-refractivity contribution in [2.24, 2.45) is 5.73 Å². The number of rotatable bonds is 7. The molecule has 5 N–H and O–H groups in total. The number of benzene rings is 1. The summed E-state index contributed by atoms with van der Waals surface area (Å²) in [5, 5.41) is 11.8. The number of aromatic hydroxyl groups is 1. The molecule has 0 saturated heterocycles. The lowest BCUT2D eigenvalue weighted by atomic mass is 10.1. The number of nitrogens with zero attached hydrogens (tertiary/aromatic N) is 1. The third kappa shape index (κ3) is 4.42. The summed E-state index contributed by atoms with van der Waals surface area (Å²) in [6, 6.07) is 5.03. The number of phenolic OH excluding ortho intramolecular Hbond substituents is 1. The number of carbonyl (C=O) groups excluding carboxylic acids is 2. The van der Waals surface area contributed by atoms with E-state index in [1.54, 1.807) is 18.3 Å². The maximum Gasteiger partial charge on any atom is 0.237 e. The Bertz CT molecular complexity index is 610. The van der Waals surface area contributed by atoms with Gasteiger partial charge in [-0.05, 0) is 24.1 Å². The maximum atomic E-state index is 12.0. The molecule has 1 amide bonds. The fourth-order valence-corrected chi connectivity index (χ4v) is 2.03. The van der Waals surface area contributed by atoms with Crippen molar-refractivity contribution in [3.63, 3.8) is 0 Å². The summed E-state index contributed by atoms with van der Waals surface area (Å²) >= 11 is 0. The van der Waals surface area contributed by atoms with E-state index in [-0.39, 0.29) is 5.75 Å². The second kappa shape index (κ2) is 7.37. The van der Waals surface area contributed by atoms with Gasteiger partial charge in [-0.2, -0.15) is 0 Å². The maximum absolute atomic E-state index is 12.0. The van der Waals surface area contributed by atoms with Gasteiger partial charge >= 0.3 is 0 Å². The van der Waals surface area contributed by atoms with Crippen LogP contribution >= 0.6 is 0 Å². The summed E-state index contributed by atoms with van der Waals surface area (Å²) in [5.41, 5.74) is 7.40. The van der Waals surface area contributed by atoms with E-state index in [0.29, 0.717) is 19.1 Å². The van der Waals surface area contributed by atoms with Crippen molar-refractivity contribution in [2.75, 3.05) is 0 Å². The van der Waals surface area contributed by atoms with Crippen molar-refractivity contribution in [1.29, 1.82) is 0 Å². The van der Waals surface area contributed by atoms with Crippen molar-refractivity contribution >= 4 is 12.2 Å². The summed E-state index contributed by atoms with van der Waals surface area (Å²) in [7, 11) is 0. The average Bonchev–Trinajstić information content (AvgIpc) is 3.01. The molecule has 0 radical (unpaired) electrons. The minimum absolute atomic E-state index is 0.150. The molecule has 2 atom stereocenters. The zero-order chi connectivity index (χ0) is 15.9. The summed E-state index contributed by atoms with van der Waals surface area (Å²) in [4.78, 5) is 29.9. The molecule has 2 aromatic rings. The van der Waals surface area contributed by atoms with Crippen molar-refractivity contribution in [3.8, 4) is 5.75 Å². The zero-order valence-corrected chi connectivity index (χ0v) is 11.9. The molecule has 7 heteroatoms. The van der Waals surface area contributed by atoms with Crippen molar-refractivity contribution < 1.29 is 14.7 Å². The molecule has 2 rings (SSSR count). The molecule has 1 aromatic heterocycles. The topological polar surface area (TPSA) is 121 Å². The number of nitrogens with one attached hydrogen (secondary N) is 2. The number of hydrogen-bond donors (Lipinski definition) is 4. The Hall–Kier alpha value is -2.67. The van der Waals surface area contributed by atoms with Crippen LogP contribution in [0.3, 0.4) is 0 Å². The molecular formula is C15H18N4O3. The lowest BCUT2D eigenvalue weighted by molar-refractivity contribution is -0.125. The Labute approximate surface area is 127 Å². The molecule has 0 aliphatic heterocycles. The van der Waals surface area contributed by atoms with Crippen LogP contribution < -0.4 is 11.1 Å². The van der Waals surface area contributed by atoms with Gasteiger partial charge in [-0.3, -0.25) is 4.79 Å². The molecular weight excluding hydrogens is 284 g/mol. The Morgan fingerprint density at radius 3 is 2.68 bits per heavy atom. The molecule has 7 nitrogen and oxygen atoms in total. The molecule has 0 unspecified atom stereocenters.